The first-order valence-electron chi connectivity index (χ1n) is 4.91. The monoisotopic (exact) mass is 283 g/mol. The molecule has 0 fully saturated rings. The molecule has 4 nitrogen and oxygen atoms in total. The predicted molar refractivity (Wildman–Crippen MR) is 70.2 cm³/mol. The van der Waals surface area contributed by atoms with Crippen LogP contribution in [0.25, 0.3) is 11.1 Å². The van der Waals surface area contributed by atoms with Crippen LogP contribution in [0.5, 0.6) is 5.75 Å². The largest absolute Gasteiger partial charge is 0.502 e. The molecule has 18 heavy (non-hydrogen) atoms. The smallest absolute Gasteiger partial charge is 0.311 e. The Bertz CT molecular complexity index is 608. The van der Waals surface area contributed by atoms with E-state index in [1.807, 2.05) is 0 Å². The SMILES string of the molecule is O=[N+]([O-])c1cc(-c2cc(Cl)cc(Cl)c2)ccc1O. The predicted octanol–water partition coefficient (Wildman–Crippen LogP) is 4.27. The van der Waals surface area contributed by atoms with Crippen molar-refractivity contribution in [2.24, 2.45) is 0 Å². The number of hydrogen-bond acceptors (Lipinski definition) is 3. The molecule has 0 bridgehead atoms. The van der Waals surface area contributed by atoms with Crippen molar-refractivity contribution in [3.05, 3.63) is 56.6 Å². The van der Waals surface area contributed by atoms with Crippen molar-refractivity contribution in [3.63, 3.8) is 0 Å². The Morgan fingerprint density at radius 3 is 2.17 bits per heavy atom. The minimum atomic E-state index is -0.648. The molecule has 0 unspecified atom stereocenters. The minimum Gasteiger partial charge on any atom is -0.502 e. The highest BCUT2D eigenvalue weighted by Gasteiger charge is 2.14. The molecular formula is C12H7Cl2NO3. The number of rotatable bonds is 2. The van der Waals surface area contributed by atoms with Gasteiger partial charge in [-0.25, -0.2) is 0 Å². The van der Waals surface area contributed by atoms with Gasteiger partial charge in [0.2, 0.25) is 0 Å². The van der Waals surface area contributed by atoms with Crippen molar-refractivity contribution in [3.8, 4) is 16.9 Å². The number of halogens is 2. The van der Waals surface area contributed by atoms with E-state index in [1.54, 1.807) is 24.3 Å². The minimum absolute atomic E-state index is 0.358. The Balaban J connectivity index is 2.57. The molecule has 0 aliphatic rings. The molecule has 2 aromatic carbocycles. The summed E-state index contributed by atoms with van der Waals surface area (Å²) in [6, 6.07) is 8.96. The fourth-order valence-electron chi connectivity index (χ4n) is 1.57. The van der Waals surface area contributed by atoms with Gasteiger partial charge in [-0.3, -0.25) is 10.1 Å². The first kappa shape index (κ1) is 12.7. The Kier molecular flexibility index (Phi) is 3.41. The topological polar surface area (TPSA) is 63.4 Å². The second-order valence-corrected chi connectivity index (χ2v) is 4.49. The number of benzene rings is 2. The molecule has 6 heteroatoms. The number of nitro benzene ring substituents is 1. The Morgan fingerprint density at radius 2 is 1.61 bits per heavy atom. The first-order valence-corrected chi connectivity index (χ1v) is 5.67. The van der Waals surface area contributed by atoms with Crippen LogP contribution in [-0.4, -0.2) is 10.0 Å². The second-order valence-electron chi connectivity index (χ2n) is 3.62. The molecule has 2 rings (SSSR count). The first-order chi connectivity index (χ1) is 8.47. The number of aromatic hydroxyl groups is 1. The standard InChI is InChI=1S/C12H7Cl2NO3/c13-9-3-8(4-10(14)6-9)7-1-2-12(16)11(5-7)15(17)18/h1-6,16H. The molecule has 0 spiro atoms. The zero-order valence-corrected chi connectivity index (χ0v) is 10.4. The molecule has 0 radical (unpaired) electrons. The summed E-state index contributed by atoms with van der Waals surface area (Å²) in [5.74, 6) is -0.378. The van der Waals surface area contributed by atoms with Crippen LogP contribution >= 0.6 is 23.2 Å². The van der Waals surface area contributed by atoms with Gasteiger partial charge in [0, 0.05) is 16.1 Å². The van der Waals surface area contributed by atoms with Crippen molar-refractivity contribution in [2.45, 2.75) is 0 Å². The zero-order valence-electron chi connectivity index (χ0n) is 8.93. The Morgan fingerprint density at radius 1 is 1.00 bits per heavy atom. The average molecular weight is 284 g/mol. The fourth-order valence-corrected chi connectivity index (χ4v) is 2.10. The van der Waals surface area contributed by atoms with Crippen LogP contribution in [0.1, 0.15) is 0 Å². The van der Waals surface area contributed by atoms with Crippen LogP contribution < -0.4 is 0 Å². The molecule has 92 valence electrons. The third-order valence-corrected chi connectivity index (χ3v) is 2.80. The van der Waals surface area contributed by atoms with Crippen molar-refractivity contribution in [2.75, 3.05) is 0 Å². The third-order valence-electron chi connectivity index (χ3n) is 2.37. The lowest BCUT2D eigenvalue weighted by Gasteiger charge is -2.04. The number of phenols is 1. The van der Waals surface area contributed by atoms with Crippen LogP contribution in [0, 0.1) is 10.1 Å². The summed E-state index contributed by atoms with van der Waals surface area (Å²) < 4.78 is 0. The van der Waals surface area contributed by atoms with Gasteiger partial charge in [-0.05, 0) is 35.4 Å². The highest BCUT2D eigenvalue weighted by atomic mass is 35.5. The normalized spacial score (nSPS) is 10.3. The Labute approximate surface area is 113 Å². The molecule has 0 amide bonds. The van der Waals surface area contributed by atoms with E-state index in [1.165, 1.54) is 12.1 Å². The summed E-state index contributed by atoms with van der Waals surface area (Å²) in [5.41, 5.74) is 0.850. The van der Waals surface area contributed by atoms with Gasteiger partial charge >= 0.3 is 5.69 Å². The number of phenolic OH excluding ortho intramolecular Hbond substituents is 1. The van der Waals surface area contributed by atoms with Gasteiger partial charge in [0.25, 0.3) is 0 Å². The van der Waals surface area contributed by atoms with E-state index in [2.05, 4.69) is 0 Å². The van der Waals surface area contributed by atoms with Gasteiger partial charge in [0.1, 0.15) is 0 Å². The van der Waals surface area contributed by atoms with Gasteiger partial charge in [0.05, 0.1) is 4.92 Å². The highest BCUT2D eigenvalue weighted by Crippen LogP contribution is 2.33. The van der Waals surface area contributed by atoms with Crippen molar-refractivity contribution in [1.82, 2.24) is 0 Å². The highest BCUT2D eigenvalue weighted by molar-refractivity contribution is 6.35. The van der Waals surface area contributed by atoms with Gasteiger partial charge in [-0.2, -0.15) is 0 Å². The van der Waals surface area contributed by atoms with E-state index in [-0.39, 0.29) is 11.4 Å². The van der Waals surface area contributed by atoms with Crippen LogP contribution in [0.15, 0.2) is 36.4 Å². The van der Waals surface area contributed by atoms with Crippen molar-refractivity contribution in [1.29, 1.82) is 0 Å². The van der Waals surface area contributed by atoms with Crippen LogP contribution in [0.3, 0.4) is 0 Å². The number of nitro groups is 1. The lowest BCUT2D eigenvalue weighted by Crippen LogP contribution is -1.89. The summed E-state index contributed by atoms with van der Waals surface area (Å²) in [5, 5.41) is 21.0. The van der Waals surface area contributed by atoms with E-state index >= 15 is 0 Å². The zero-order chi connectivity index (χ0) is 13.3. The summed E-state index contributed by atoms with van der Waals surface area (Å²) >= 11 is 11.7. The maximum atomic E-state index is 10.7. The summed E-state index contributed by atoms with van der Waals surface area (Å²) in [6.07, 6.45) is 0. The molecule has 1 N–H and O–H groups in total. The van der Waals surface area contributed by atoms with E-state index in [9.17, 15) is 15.2 Å². The average Bonchev–Trinajstić information content (AvgIpc) is 2.27. The molecular weight excluding hydrogens is 277 g/mol. The molecule has 0 atom stereocenters. The maximum Gasteiger partial charge on any atom is 0.311 e. The summed E-state index contributed by atoms with van der Waals surface area (Å²) in [4.78, 5) is 10.1. The van der Waals surface area contributed by atoms with Gasteiger partial charge in [-0.15, -0.1) is 0 Å². The molecule has 0 saturated heterocycles. The van der Waals surface area contributed by atoms with E-state index < -0.39 is 4.92 Å². The lowest BCUT2D eigenvalue weighted by molar-refractivity contribution is -0.385. The quantitative estimate of drug-likeness (QED) is 0.661. The molecule has 0 heterocycles. The molecule has 0 aliphatic carbocycles. The third kappa shape index (κ3) is 2.55. The number of hydrogen-bond donors (Lipinski definition) is 1. The molecule has 2 aromatic rings. The lowest BCUT2D eigenvalue weighted by atomic mass is 10.0. The second kappa shape index (κ2) is 4.84. The Hall–Kier alpha value is -1.78. The van der Waals surface area contributed by atoms with Crippen LogP contribution in [0.2, 0.25) is 10.0 Å². The van der Waals surface area contributed by atoms with E-state index in [0.717, 1.165) is 0 Å². The van der Waals surface area contributed by atoms with Crippen molar-refractivity contribution < 1.29 is 10.0 Å². The molecule has 0 aliphatic heterocycles. The van der Waals surface area contributed by atoms with Crippen molar-refractivity contribution >= 4 is 28.9 Å². The molecule has 0 aromatic heterocycles. The summed E-state index contributed by atoms with van der Waals surface area (Å²) in [6.45, 7) is 0. The molecule has 0 saturated carbocycles. The number of nitrogens with zero attached hydrogens (tertiary/aromatic N) is 1. The maximum absolute atomic E-state index is 10.7. The van der Waals surface area contributed by atoms with E-state index in [0.29, 0.717) is 21.2 Å². The van der Waals surface area contributed by atoms with E-state index in [4.69, 9.17) is 23.2 Å². The fraction of sp³-hybridized carbons (Fsp3) is 0. The summed E-state index contributed by atoms with van der Waals surface area (Å²) in [7, 11) is 0. The van der Waals surface area contributed by atoms with Gasteiger partial charge < -0.3 is 5.11 Å². The van der Waals surface area contributed by atoms with Gasteiger partial charge in [0.15, 0.2) is 5.75 Å². The van der Waals surface area contributed by atoms with Crippen LogP contribution in [-0.2, 0) is 0 Å². The van der Waals surface area contributed by atoms with Crippen LogP contribution in [0.4, 0.5) is 5.69 Å². The van der Waals surface area contributed by atoms with Gasteiger partial charge in [-0.1, -0.05) is 29.3 Å².